The molecule has 2 aromatic rings. The van der Waals surface area contributed by atoms with Crippen molar-refractivity contribution in [2.45, 2.75) is 26.4 Å². The molecule has 106 valence electrons. The van der Waals surface area contributed by atoms with Gasteiger partial charge in [0.05, 0.1) is 12.0 Å². The van der Waals surface area contributed by atoms with E-state index in [-0.39, 0.29) is 12.2 Å². The Bertz CT molecular complexity index is 639. The van der Waals surface area contributed by atoms with Crippen molar-refractivity contribution in [3.05, 3.63) is 47.2 Å². The van der Waals surface area contributed by atoms with Gasteiger partial charge in [-0.2, -0.15) is 13.2 Å². The highest BCUT2D eigenvalue weighted by atomic mass is 19.4. The summed E-state index contributed by atoms with van der Waals surface area (Å²) in [5.74, 6) is 0.723. The van der Waals surface area contributed by atoms with Gasteiger partial charge in [-0.1, -0.05) is 6.07 Å². The van der Waals surface area contributed by atoms with Crippen molar-refractivity contribution in [2.24, 2.45) is 0 Å². The maximum atomic E-state index is 12.7. The second-order valence-electron chi connectivity index (χ2n) is 4.67. The number of furan rings is 1. The fourth-order valence-corrected chi connectivity index (χ4v) is 1.93. The van der Waals surface area contributed by atoms with E-state index in [1.165, 1.54) is 13.0 Å². The summed E-state index contributed by atoms with van der Waals surface area (Å²) in [6.07, 6.45) is -4.25. The van der Waals surface area contributed by atoms with Crippen LogP contribution < -0.4 is 0 Å². The monoisotopic (exact) mass is 282 g/mol. The second-order valence-corrected chi connectivity index (χ2v) is 4.67. The first kappa shape index (κ1) is 14.4. The van der Waals surface area contributed by atoms with Crippen LogP contribution in [0.5, 0.6) is 0 Å². The molecule has 0 radical (unpaired) electrons. The Kier molecular flexibility index (Phi) is 3.70. The van der Waals surface area contributed by atoms with Crippen molar-refractivity contribution < 1.29 is 22.4 Å². The summed E-state index contributed by atoms with van der Waals surface area (Å²) in [5, 5.41) is 0. The van der Waals surface area contributed by atoms with Crippen LogP contribution in [0.3, 0.4) is 0 Å². The highest BCUT2D eigenvalue weighted by Gasteiger charge is 2.31. The first-order valence-corrected chi connectivity index (χ1v) is 6.04. The van der Waals surface area contributed by atoms with Crippen molar-refractivity contribution in [3.63, 3.8) is 0 Å². The van der Waals surface area contributed by atoms with Crippen LogP contribution >= 0.6 is 0 Å². The van der Waals surface area contributed by atoms with E-state index in [2.05, 4.69) is 0 Å². The number of rotatable bonds is 3. The minimum absolute atomic E-state index is 0.0633. The first-order chi connectivity index (χ1) is 9.27. The predicted octanol–water partition coefficient (Wildman–Crippen LogP) is 4.41. The molecule has 0 amide bonds. The van der Waals surface area contributed by atoms with E-state index in [9.17, 15) is 18.0 Å². The molecular formula is C15H13F3O2. The van der Waals surface area contributed by atoms with Gasteiger partial charge >= 0.3 is 6.18 Å². The standard InChI is InChI=1S/C15H13F3O2/c1-9-3-4-11(15(16,17)18)8-13(9)14-6-5-12(20-14)7-10(2)19/h3-6,8H,7H2,1-2H3. The number of Topliss-reactive ketones (excluding diaryl/α,β-unsaturated/α-hetero) is 1. The van der Waals surface area contributed by atoms with Gasteiger partial charge in [-0.25, -0.2) is 0 Å². The SMILES string of the molecule is CC(=O)Cc1ccc(-c2cc(C(F)(F)F)ccc2C)o1. The van der Waals surface area contributed by atoms with Gasteiger partial charge < -0.3 is 4.42 Å². The molecule has 1 heterocycles. The van der Waals surface area contributed by atoms with Gasteiger partial charge in [0.15, 0.2) is 0 Å². The third-order valence-electron chi connectivity index (χ3n) is 2.92. The summed E-state index contributed by atoms with van der Waals surface area (Å²) in [5.41, 5.74) is 0.346. The molecule has 5 heteroatoms. The van der Waals surface area contributed by atoms with Crippen LogP contribution in [-0.4, -0.2) is 5.78 Å². The average Bonchev–Trinajstić information content (AvgIpc) is 2.75. The van der Waals surface area contributed by atoms with E-state index >= 15 is 0 Å². The minimum atomic E-state index is -4.39. The Balaban J connectivity index is 2.41. The van der Waals surface area contributed by atoms with Gasteiger partial charge in [0.25, 0.3) is 0 Å². The molecule has 2 rings (SSSR count). The van der Waals surface area contributed by atoms with Gasteiger partial charge in [-0.15, -0.1) is 0 Å². The largest absolute Gasteiger partial charge is 0.461 e. The van der Waals surface area contributed by atoms with E-state index in [1.54, 1.807) is 19.1 Å². The topological polar surface area (TPSA) is 30.2 Å². The lowest BCUT2D eigenvalue weighted by Gasteiger charge is -2.10. The molecule has 2 nitrogen and oxygen atoms in total. The quantitative estimate of drug-likeness (QED) is 0.835. The number of ketones is 1. The maximum Gasteiger partial charge on any atom is 0.416 e. The Morgan fingerprint density at radius 3 is 2.50 bits per heavy atom. The summed E-state index contributed by atoms with van der Waals surface area (Å²) in [6.45, 7) is 3.14. The fraction of sp³-hybridized carbons (Fsp3) is 0.267. The van der Waals surface area contributed by atoms with Gasteiger partial charge in [0, 0.05) is 5.56 Å². The van der Waals surface area contributed by atoms with E-state index < -0.39 is 11.7 Å². The second kappa shape index (κ2) is 5.15. The lowest BCUT2D eigenvalue weighted by molar-refractivity contribution is -0.137. The van der Waals surface area contributed by atoms with Crippen molar-refractivity contribution in [1.29, 1.82) is 0 Å². The lowest BCUT2D eigenvalue weighted by Crippen LogP contribution is -2.05. The van der Waals surface area contributed by atoms with Crippen molar-refractivity contribution in [1.82, 2.24) is 0 Å². The average molecular weight is 282 g/mol. The predicted molar refractivity (Wildman–Crippen MR) is 68.3 cm³/mol. The van der Waals surface area contributed by atoms with E-state index in [1.807, 2.05) is 0 Å². The Hall–Kier alpha value is -2.04. The fourth-order valence-electron chi connectivity index (χ4n) is 1.93. The number of carbonyl (C=O) groups is 1. The molecule has 0 saturated heterocycles. The van der Waals surface area contributed by atoms with Gasteiger partial charge in [0.1, 0.15) is 17.3 Å². The zero-order valence-electron chi connectivity index (χ0n) is 11.0. The van der Waals surface area contributed by atoms with E-state index in [4.69, 9.17) is 4.42 Å². The summed E-state index contributed by atoms with van der Waals surface area (Å²) in [4.78, 5) is 11.0. The molecule has 0 bridgehead atoms. The first-order valence-electron chi connectivity index (χ1n) is 6.04. The summed E-state index contributed by atoms with van der Waals surface area (Å²) < 4.78 is 43.6. The van der Waals surface area contributed by atoms with Gasteiger partial charge in [-0.05, 0) is 43.7 Å². The lowest BCUT2D eigenvalue weighted by atomic mass is 10.0. The van der Waals surface area contributed by atoms with E-state index in [0.717, 1.165) is 12.1 Å². The molecule has 0 saturated carbocycles. The molecule has 0 aliphatic carbocycles. The number of alkyl halides is 3. The molecule has 0 atom stereocenters. The third kappa shape index (κ3) is 3.10. The number of carbonyl (C=O) groups excluding carboxylic acids is 1. The highest BCUT2D eigenvalue weighted by molar-refractivity contribution is 5.77. The molecule has 0 aliphatic heterocycles. The van der Waals surface area contributed by atoms with Crippen LogP contribution in [0.2, 0.25) is 0 Å². The number of halogens is 3. The normalized spacial score (nSPS) is 11.7. The van der Waals surface area contributed by atoms with Crippen LogP contribution in [-0.2, 0) is 17.4 Å². The molecule has 0 N–H and O–H groups in total. The van der Waals surface area contributed by atoms with Crippen LogP contribution in [0.15, 0.2) is 34.7 Å². The molecular weight excluding hydrogens is 269 g/mol. The Morgan fingerprint density at radius 1 is 1.20 bits per heavy atom. The molecule has 0 spiro atoms. The Morgan fingerprint density at radius 2 is 1.90 bits per heavy atom. The molecule has 1 aromatic heterocycles. The maximum absolute atomic E-state index is 12.7. The van der Waals surface area contributed by atoms with Crippen LogP contribution in [0.1, 0.15) is 23.8 Å². The molecule has 0 unspecified atom stereocenters. The van der Waals surface area contributed by atoms with Crippen molar-refractivity contribution >= 4 is 5.78 Å². The van der Waals surface area contributed by atoms with Gasteiger partial charge in [-0.3, -0.25) is 4.79 Å². The summed E-state index contributed by atoms with van der Waals surface area (Å²) in [6, 6.07) is 6.70. The minimum Gasteiger partial charge on any atom is -0.461 e. The molecule has 20 heavy (non-hydrogen) atoms. The zero-order valence-corrected chi connectivity index (χ0v) is 11.0. The van der Waals surface area contributed by atoms with Crippen molar-refractivity contribution in [3.8, 4) is 11.3 Å². The highest BCUT2D eigenvalue weighted by Crippen LogP contribution is 2.34. The van der Waals surface area contributed by atoms with Gasteiger partial charge in [0.2, 0.25) is 0 Å². The number of benzene rings is 1. The molecule has 1 aromatic carbocycles. The van der Waals surface area contributed by atoms with E-state index in [0.29, 0.717) is 22.6 Å². The van der Waals surface area contributed by atoms with Crippen LogP contribution in [0.25, 0.3) is 11.3 Å². The number of hydrogen-bond donors (Lipinski definition) is 0. The van der Waals surface area contributed by atoms with Crippen LogP contribution in [0.4, 0.5) is 13.2 Å². The third-order valence-corrected chi connectivity index (χ3v) is 2.92. The molecule has 0 fully saturated rings. The Labute approximate surface area is 114 Å². The van der Waals surface area contributed by atoms with Crippen molar-refractivity contribution in [2.75, 3.05) is 0 Å². The van der Waals surface area contributed by atoms with Crippen LogP contribution in [0, 0.1) is 6.92 Å². The smallest absolute Gasteiger partial charge is 0.416 e. The summed E-state index contributed by atoms with van der Waals surface area (Å²) in [7, 11) is 0. The molecule has 0 aliphatic rings. The zero-order chi connectivity index (χ0) is 14.9. The summed E-state index contributed by atoms with van der Waals surface area (Å²) >= 11 is 0. The number of aryl methyl sites for hydroxylation is 1. The number of hydrogen-bond acceptors (Lipinski definition) is 2.